The van der Waals surface area contributed by atoms with Crippen molar-refractivity contribution in [2.45, 2.75) is 9.79 Å². The summed E-state index contributed by atoms with van der Waals surface area (Å²) >= 11 is 0. The monoisotopic (exact) mass is 307 g/mol. The van der Waals surface area contributed by atoms with Crippen LogP contribution in [0, 0.1) is 0 Å². The first kappa shape index (κ1) is 13.6. The quantitative estimate of drug-likeness (QED) is 0.650. The molecule has 4 N–H and O–H groups in total. The van der Waals surface area contributed by atoms with Gasteiger partial charge in [0.2, 0.25) is 10.0 Å². The first-order chi connectivity index (χ1) is 8.65. The number of ether oxygens (including phenoxy) is 1. The molecular weight excluding hydrogens is 298 g/mol. The fourth-order valence-electron chi connectivity index (χ4n) is 1.57. The molecule has 2 rings (SSSR count). The molecule has 1 aliphatic heterocycles. The Kier molecular flexibility index (Phi) is 2.91. The average molecular weight is 307 g/mol. The minimum atomic E-state index is -4.17. The number of hydrogen-bond donors (Lipinski definition) is 3. The number of benzene rings is 1. The molecule has 1 aliphatic rings. The summed E-state index contributed by atoms with van der Waals surface area (Å²) in [6, 6.07) is 0.953. The number of amides is 2. The van der Waals surface area contributed by atoms with E-state index in [1.54, 1.807) is 4.72 Å². The molecule has 1 aromatic rings. The van der Waals surface area contributed by atoms with Crippen LogP contribution in [0.25, 0.3) is 0 Å². The summed E-state index contributed by atoms with van der Waals surface area (Å²) in [6.45, 7) is 0. The molecule has 104 valence electrons. The van der Waals surface area contributed by atoms with Crippen LogP contribution in [0.4, 0.5) is 10.5 Å². The van der Waals surface area contributed by atoms with Crippen LogP contribution >= 0.6 is 0 Å². The van der Waals surface area contributed by atoms with Gasteiger partial charge in [-0.25, -0.2) is 31.5 Å². The minimum Gasteiger partial charge on any atom is -0.495 e. The van der Waals surface area contributed by atoms with Gasteiger partial charge < -0.3 is 10.1 Å². The van der Waals surface area contributed by atoms with E-state index in [9.17, 15) is 21.6 Å². The van der Waals surface area contributed by atoms with E-state index < -0.39 is 35.9 Å². The Labute approximate surface area is 108 Å². The van der Waals surface area contributed by atoms with Crippen molar-refractivity contribution in [1.82, 2.24) is 4.72 Å². The van der Waals surface area contributed by atoms with Crippen LogP contribution in [0.5, 0.6) is 5.75 Å². The SMILES string of the molecule is COc1cc2c(cc1S(N)(=O)=O)S(=O)(=O)NC(=O)N2. The molecule has 19 heavy (non-hydrogen) atoms. The number of nitrogens with two attached hydrogens (primary N) is 1. The van der Waals surface area contributed by atoms with Crippen LogP contribution in [0.1, 0.15) is 0 Å². The number of fused-ring (bicyclic) bond motifs is 1. The zero-order valence-corrected chi connectivity index (χ0v) is 11.1. The summed E-state index contributed by atoms with van der Waals surface area (Å²) in [5, 5.41) is 7.20. The highest BCUT2D eigenvalue weighted by Gasteiger charge is 2.31. The Morgan fingerprint density at radius 3 is 2.47 bits per heavy atom. The molecular formula is C8H9N3O6S2. The Morgan fingerprint density at radius 2 is 1.95 bits per heavy atom. The molecule has 0 saturated carbocycles. The molecule has 11 heteroatoms. The molecule has 0 radical (unpaired) electrons. The van der Waals surface area contributed by atoms with Crippen LogP contribution in [0.2, 0.25) is 0 Å². The van der Waals surface area contributed by atoms with Crippen LogP contribution in [0.15, 0.2) is 21.9 Å². The van der Waals surface area contributed by atoms with Crippen LogP contribution in [-0.2, 0) is 20.0 Å². The summed E-state index contributed by atoms with van der Waals surface area (Å²) in [7, 11) is -7.12. The van der Waals surface area contributed by atoms with Gasteiger partial charge in [0.1, 0.15) is 15.5 Å². The van der Waals surface area contributed by atoms with Crippen molar-refractivity contribution in [1.29, 1.82) is 0 Å². The third-order valence-electron chi connectivity index (χ3n) is 2.34. The number of anilines is 1. The molecule has 0 spiro atoms. The van der Waals surface area contributed by atoms with Gasteiger partial charge in [0.25, 0.3) is 10.0 Å². The molecule has 0 unspecified atom stereocenters. The molecule has 2 amide bonds. The number of rotatable bonds is 2. The zero-order valence-electron chi connectivity index (χ0n) is 9.50. The second kappa shape index (κ2) is 4.08. The molecule has 0 bridgehead atoms. The number of carbonyl (C=O) groups excluding carboxylic acids is 1. The molecule has 0 atom stereocenters. The fraction of sp³-hybridized carbons (Fsp3) is 0.125. The smallest absolute Gasteiger partial charge is 0.333 e. The van der Waals surface area contributed by atoms with E-state index in [0.29, 0.717) is 0 Å². The van der Waals surface area contributed by atoms with Crippen molar-refractivity contribution >= 4 is 31.8 Å². The lowest BCUT2D eigenvalue weighted by Gasteiger charge is -2.20. The summed E-state index contributed by atoms with van der Waals surface area (Å²) < 4.78 is 52.7. The lowest BCUT2D eigenvalue weighted by Crippen LogP contribution is -2.39. The van der Waals surface area contributed by atoms with Gasteiger partial charge in [-0.15, -0.1) is 0 Å². The first-order valence-corrected chi connectivity index (χ1v) is 7.77. The van der Waals surface area contributed by atoms with Gasteiger partial charge in [-0.3, -0.25) is 0 Å². The van der Waals surface area contributed by atoms with E-state index in [-0.39, 0.29) is 11.4 Å². The molecule has 0 saturated heterocycles. The molecule has 1 heterocycles. The highest BCUT2D eigenvalue weighted by molar-refractivity contribution is 7.90. The fourth-order valence-corrected chi connectivity index (χ4v) is 3.42. The topological polar surface area (TPSA) is 145 Å². The maximum absolute atomic E-state index is 11.7. The van der Waals surface area contributed by atoms with Crippen molar-refractivity contribution in [2.75, 3.05) is 12.4 Å². The largest absolute Gasteiger partial charge is 0.495 e. The molecule has 1 aromatic carbocycles. The summed E-state index contributed by atoms with van der Waals surface area (Å²) in [4.78, 5) is 10.2. The van der Waals surface area contributed by atoms with Crippen LogP contribution in [-0.4, -0.2) is 30.0 Å². The van der Waals surface area contributed by atoms with Crippen LogP contribution < -0.4 is 19.9 Å². The normalized spacial score (nSPS) is 17.1. The predicted molar refractivity (Wildman–Crippen MR) is 63.7 cm³/mol. The maximum atomic E-state index is 11.7. The standard InChI is InChI=1S/C8H9N3O6S2/c1-17-5-2-4-6(3-7(5)18(9,13)14)19(15,16)11-8(12)10-4/h2-3H,1H3,(H2,9,13,14)(H2,10,11,12). The predicted octanol–water partition coefficient (Wildman–Crippen LogP) is -0.834. The highest BCUT2D eigenvalue weighted by atomic mass is 32.2. The molecule has 0 aliphatic carbocycles. The average Bonchev–Trinajstić information content (AvgIpc) is 2.24. The third kappa shape index (κ3) is 2.34. The number of urea groups is 1. The van der Waals surface area contributed by atoms with Crippen molar-refractivity contribution in [3.63, 3.8) is 0 Å². The Balaban J connectivity index is 2.82. The van der Waals surface area contributed by atoms with Crippen molar-refractivity contribution in [2.24, 2.45) is 5.14 Å². The van der Waals surface area contributed by atoms with E-state index in [1.165, 1.54) is 7.11 Å². The Morgan fingerprint density at radius 1 is 1.32 bits per heavy atom. The second-order valence-electron chi connectivity index (χ2n) is 3.60. The zero-order chi connectivity index (χ0) is 14.4. The van der Waals surface area contributed by atoms with E-state index in [0.717, 1.165) is 12.1 Å². The summed E-state index contributed by atoms with van der Waals surface area (Å²) in [5.74, 6) is -0.168. The minimum absolute atomic E-state index is 0.0898. The van der Waals surface area contributed by atoms with Gasteiger partial charge in [0.15, 0.2) is 0 Å². The van der Waals surface area contributed by atoms with E-state index in [1.807, 2.05) is 0 Å². The van der Waals surface area contributed by atoms with Crippen molar-refractivity contribution < 1.29 is 26.4 Å². The highest BCUT2D eigenvalue weighted by Crippen LogP contribution is 2.34. The van der Waals surface area contributed by atoms with Gasteiger partial charge in [-0.2, -0.15) is 0 Å². The molecule has 0 aromatic heterocycles. The maximum Gasteiger partial charge on any atom is 0.333 e. The second-order valence-corrected chi connectivity index (χ2v) is 6.78. The summed E-state index contributed by atoms with van der Waals surface area (Å²) in [6.07, 6.45) is 0. The Bertz CT molecular complexity index is 768. The number of hydrogen-bond acceptors (Lipinski definition) is 6. The van der Waals surface area contributed by atoms with Gasteiger partial charge >= 0.3 is 6.03 Å². The lowest BCUT2D eigenvalue weighted by molar-refractivity contribution is 0.256. The number of carbonyl (C=O) groups is 1. The lowest BCUT2D eigenvalue weighted by atomic mass is 10.3. The van der Waals surface area contributed by atoms with Gasteiger partial charge in [0, 0.05) is 6.07 Å². The van der Waals surface area contributed by atoms with E-state index >= 15 is 0 Å². The number of primary sulfonamides is 1. The van der Waals surface area contributed by atoms with Gasteiger partial charge in [0.05, 0.1) is 12.8 Å². The van der Waals surface area contributed by atoms with Crippen LogP contribution in [0.3, 0.4) is 0 Å². The molecule has 0 fully saturated rings. The number of nitrogens with one attached hydrogen (secondary N) is 2. The summed E-state index contributed by atoms with van der Waals surface area (Å²) in [5.41, 5.74) is -0.0898. The van der Waals surface area contributed by atoms with Gasteiger partial charge in [-0.05, 0) is 6.07 Å². The number of methoxy groups -OCH3 is 1. The van der Waals surface area contributed by atoms with Crippen molar-refractivity contribution in [3.05, 3.63) is 12.1 Å². The van der Waals surface area contributed by atoms with E-state index in [2.05, 4.69) is 5.32 Å². The third-order valence-corrected chi connectivity index (χ3v) is 4.64. The van der Waals surface area contributed by atoms with Gasteiger partial charge in [-0.1, -0.05) is 0 Å². The molecule has 9 nitrogen and oxygen atoms in total. The Hall–Kier alpha value is -1.85. The van der Waals surface area contributed by atoms with Crippen molar-refractivity contribution in [3.8, 4) is 5.75 Å². The van der Waals surface area contributed by atoms with E-state index in [4.69, 9.17) is 9.88 Å². The first-order valence-electron chi connectivity index (χ1n) is 4.74. The number of sulfonamides is 2.